The third-order valence-corrected chi connectivity index (χ3v) is 3.65. The highest BCUT2D eigenvalue weighted by molar-refractivity contribution is 5.79. The summed E-state index contributed by atoms with van der Waals surface area (Å²) in [6.07, 6.45) is 2.32. The highest BCUT2D eigenvalue weighted by atomic mass is 16.6. The first-order valence-electron chi connectivity index (χ1n) is 5.93. The smallest absolute Gasteiger partial charge is 0.0775 e. The lowest BCUT2D eigenvalue weighted by atomic mass is 9.95. The molecular weight excluding hydrogens is 212 g/mol. The van der Waals surface area contributed by atoms with Crippen molar-refractivity contribution in [3.63, 3.8) is 0 Å². The Hall–Kier alpha value is -1.45. The normalized spacial score (nSPS) is 17.3. The SMILES string of the molecule is Cc1ccc2cc(C3(CON)CC3)ccc2n1. The van der Waals surface area contributed by atoms with Crippen LogP contribution in [0.25, 0.3) is 10.9 Å². The summed E-state index contributed by atoms with van der Waals surface area (Å²) < 4.78 is 0. The molecule has 2 N–H and O–H groups in total. The summed E-state index contributed by atoms with van der Waals surface area (Å²) in [4.78, 5) is 9.35. The van der Waals surface area contributed by atoms with Crippen molar-refractivity contribution >= 4 is 10.9 Å². The van der Waals surface area contributed by atoms with E-state index in [1.165, 1.54) is 10.9 Å². The van der Waals surface area contributed by atoms with E-state index in [2.05, 4.69) is 29.2 Å². The molecule has 0 atom stereocenters. The second-order valence-electron chi connectivity index (χ2n) is 4.95. The Labute approximate surface area is 101 Å². The Morgan fingerprint density at radius 3 is 2.82 bits per heavy atom. The number of rotatable bonds is 3. The van der Waals surface area contributed by atoms with Crippen LogP contribution in [-0.4, -0.2) is 11.6 Å². The van der Waals surface area contributed by atoms with E-state index < -0.39 is 0 Å². The number of aromatic nitrogens is 1. The van der Waals surface area contributed by atoms with E-state index in [1.54, 1.807) is 0 Å². The Morgan fingerprint density at radius 1 is 1.29 bits per heavy atom. The van der Waals surface area contributed by atoms with Gasteiger partial charge in [-0.1, -0.05) is 12.1 Å². The van der Waals surface area contributed by atoms with E-state index in [4.69, 9.17) is 10.7 Å². The van der Waals surface area contributed by atoms with Crippen molar-refractivity contribution in [3.8, 4) is 0 Å². The number of pyridine rings is 1. The molecule has 0 unspecified atom stereocenters. The molecule has 1 aliphatic carbocycles. The van der Waals surface area contributed by atoms with Gasteiger partial charge in [-0.15, -0.1) is 0 Å². The first-order valence-corrected chi connectivity index (χ1v) is 5.93. The van der Waals surface area contributed by atoms with Gasteiger partial charge in [-0.3, -0.25) is 4.98 Å². The highest BCUT2D eigenvalue weighted by Gasteiger charge is 2.44. The quantitative estimate of drug-likeness (QED) is 0.821. The zero-order chi connectivity index (χ0) is 11.9. The minimum Gasteiger partial charge on any atom is -0.304 e. The van der Waals surface area contributed by atoms with E-state index in [0.29, 0.717) is 6.61 Å². The van der Waals surface area contributed by atoms with Crippen molar-refractivity contribution in [2.24, 2.45) is 5.90 Å². The van der Waals surface area contributed by atoms with Gasteiger partial charge in [0.1, 0.15) is 0 Å². The standard InChI is InChI=1S/C14H16N2O/c1-10-2-3-11-8-12(4-5-13(11)16-10)14(6-7-14)9-17-15/h2-5,8H,6-7,9,15H2,1H3. The number of nitrogens with two attached hydrogens (primary N) is 1. The van der Waals surface area contributed by atoms with E-state index in [9.17, 15) is 0 Å². The zero-order valence-corrected chi connectivity index (χ0v) is 9.94. The van der Waals surface area contributed by atoms with Gasteiger partial charge in [-0.05, 0) is 43.5 Å². The molecule has 0 radical (unpaired) electrons. The van der Waals surface area contributed by atoms with Gasteiger partial charge in [0.2, 0.25) is 0 Å². The molecule has 3 rings (SSSR count). The van der Waals surface area contributed by atoms with Crippen LogP contribution in [0.2, 0.25) is 0 Å². The molecule has 1 aromatic heterocycles. The second kappa shape index (κ2) is 3.79. The minimum absolute atomic E-state index is 0.161. The maximum atomic E-state index is 5.21. The fourth-order valence-corrected chi connectivity index (χ4v) is 2.38. The van der Waals surface area contributed by atoms with Crippen LogP contribution in [0.4, 0.5) is 0 Å². The van der Waals surface area contributed by atoms with Crippen molar-refractivity contribution in [1.82, 2.24) is 4.98 Å². The molecule has 88 valence electrons. The summed E-state index contributed by atoms with van der Waals surface area (Å²) in [5, 5.41) is 1.19. The van der Waals surface area contributed by atoms with Crippen LogP contribution in [0.3, 0.4) is 0 Å². The number of benzene rings is 1. The predicted octanol–water partition coefficient (Wildman–Crippen LogP) is 2.47. The molecule has 3 nitrogen and oxygen atoms in total. The number of nitrogens with zero attached hydrogens (tertiary/aromatic N) is 1. The Kier molecular flexibility index (Phi) is 2.38. The van der Waals surface area contributed by atoms with Crippen LogP contribution in [-0.2, 0) is 10.3 Å². The van der Waals surface area contributed by atoms with Gasteiger partial charge in [0.15, 0.2) is 0 Å². The summed E-state index contributed by atoms with van der Waals surface area (Å²) >= 11 is 0. The van der Waals surface area contributed by atoms with Gasteiger partial charge in [0, 0.05) is 16.5 Å². The first kappa shape index (κ1) is 10.7. The predicted molar refractivity (Wildman–Crippen MR) is 67.5 cm³/mol. The minimum atomic E-state index is 0.161. The lowest BCUT2D eigenvalue weighted by Crippen LogP contribution is -2.17. The molecule has 0 amide bonds. The van der Waals surface area contributed by atoms with Gasteiger partial charge in [-0.2, -0.15) is 0 Å². The van der Waals surface area contributed by atoms with Gasteiger partial charge in [0.05, 0.1) is 12.1 Å². The van der Waals surface area contributed by atoms with Crippen molar-refractivity contribution < 1.29 is 4.84 Å². The zero-order valence-electron chi connectivity index (χ0n) is 9.94. The molecular formula is C14H16N2O. The molecule has 0 bridgehead atoms. The summed E-state index contributed by atoms with van der Waals surface area (Å²) in [7, 11) is 0. The van der Waals surface area contributed by atoms with E-state index in [-0.39, 0.29) is 5.41 Å². The van der Waals surface area contributed by atoms with Crippen LogP contribution in [0.5, 0.6) is 0 Å². The maximum absolute atomic E-state index is 5.21. The molecule has 2 aromatic rings. The lowest BCUT2D eigenvalue weighted by Gasteiger charge is -2.14. The van der Waals surface area contributed by atoms with Crippen LogP contribution in [0.15, 0.2) is 30.3 Å². The van der Waals surface area contributed by atoms with Crippen molar-refractivity contribution in [3.05, 3.63) is 41.6 Å². The summed E-state index contributed by atoms with van der Waals surface area (Å²) in [5.41, 5.74) is 3.59. The molecule has 0 aliphatic heterocycles. The number of fused-ring (bicyclic) bond motifs is 1. The van der Waals surface area contributed by atoms with E-state index >= 15 is 0 Å². The molecule has 1 saturated carbocycles. The molecule has 1 heterocycles. The fourth-order valence-electron chi connectivity index (χ4n) is 2.38. The largest absolute Gasteiger partial charge is 0.304 e. The molecule has 3 heteroatoms. The van der Waals surface area contributed by atoms with Gasteiger partial charge in [-0.25, -0.2) is 5.90 Å². The van der Waals surface area contributed by atoms with Crippen LogP contribution in [0.1, 0.15) is 24.1 Å². The highest BCUT2D eigenvalue weighted by Crippen LogP contribution is 2.48. The maximum Gasteiger partial charge on any atom is 0.0775 e. The third-order valence-electron chi connectivity index (χ3n) is 3.65. The summed E-state index contributed by atoms with van der Waals surface area (Å²) in [5.74, 6) is 5.21. The number of aryl methyl sites for hydroxylation is 1. The Morgan fingerprint density at radius 2 is 2.12 bits per heavy atom. The molecule has 17 heavy (non-hydrogen) atoms. The average Bonchev–Trinajstić information content (AvgIpc) is 3.10. The third kappa shape index (κ3) is 1.81. The monoisotopic (exact) mass is 228 g/mol. The molecule has 0 saturated heterocycles. The topological polar surface area (TPSA) is 48.1 Å². The van der Waals surface area contributed by atoms with Gasteiger partial charge in [0.25, 0.3) is 0 Å². The summed E-state index contributed by atoms with van der Waals surface area (Å²) in [6, 6.07) is 10.6. The number of hydrogen-bond donors (Lipinski definition) is 1. The fraction of sp³-hybridized carbons (Fsp3) is 0.357. The first-order chi connectivity index (χ1) is 8.23. The van der Waals surface area contributed by atoms with Crippen LogP contribution in [0, 0.1) is 6.92 Å². The second-order valence-corrected chi connectivity index (χ2v) is 4.95. The number of hydrogen-bond acceptors (Lipinski definition) is 3. The van der Waals surface area contributed by atoms with Crippen LogP contribution < -0.4 is 5.90 Å². The van der Waals surface area contributed by atoms with Gasteiger partial charge >= 0.3 is 0 Å². The van der Waals surface area contributed by atoms with Crippen LogP contribution >= 0.6 is 0 Å². The molecule has 0 spiro atoms. The Balaban J connectivity index is 2.05. The Bertz CT molecular complexity index is 561. The van der Waals surface area contributed by atoms with E-state index in [0.717, 1.165) is 24.1 Å². The van der Waals surface area contributed by atoms with Crippen molar-refractivity contribution in [2.45, 2.75) is 25.2 Å². The van der Waals surface area contributed by atoms with E-state index in [1.807, 2.05) is 13.0 Å². The van der Waals surface area contributed by atoms with Crippen molar-refractivity contribution in [1.29, 1.82) is 0 Å². The average molecular weight is 228 g/mol. The molecule has 1 aromatic carbocycles. The molecule has 1 fully saturated rings. The van der Waals surface area contributed by atoms with Gasteiger partial charge < -0.3 is 4.84 Å². The lowest BCUT2D eigenvalue weighted by molar-refractivity contribution is 0.116. The molecule has 1 aliphatic rings. The summed E-state index contributed by atoms with van der Waals surface area (Å²) in [6.45, 7) is 2.62. The van der Waals surface area contributed by atoms with Crippen molar-refractivity contribution in [2.75, 3.05) is 6.61 Å².